The van der Waals surface area contributed by atoms with Crippen molar-refractivity contribution in [3.8, 4) is 0 Å². The van der Waals surface area contributed by atoms with E-state index in [1.807, 2.05) is 24.3 Å². The average Bonchev–Trinajstić information content (AvgIpc) is 2.01. The Morgan fingerprint density at radius 1 is 1.42 bits per heavy atom. The van der Waals surface area contributed by atoms with Crippen LogP contribution < -0.4 is 0 Å². The van der Waals surface area contributed by atoms with Crippen LogP contribution in [0.1, 0.15) is 5.56 Å². The first kappa shape index (κ1) is 9.00. The Bertz CT molecular complexity index is 318. The fourth-order valence-corrected chi connectivity index (χ4v) is 1.19. The molecule has 0 spiro atoms. The van der Waals surface area contributed by atoms with Crippen molar-refractivity contribution in [1.82, 2.24) is 0 Å². The van der Waals surface area contributed by atoms with Crippen molar-refractivity contribution in [2.75, 3.05) is 0 Å². The van der Waals surface area contributed by atoms with Crippen molar-refractivity contribution >= 4 is 28.0 Å². The molecule has 0 saturated carbocycles. The van der Waals surface area contributed by atoms with Gasteiger partial charge >= 0.3 is 5.97 Å². The number of hydrogen-bond acceptors (Lipinski definition) is 1. The van der Waals surface area contributed by atoms with Gasteiger partial charge in [0, 0.05) is 10.5 Å². The molecule has 1 aromatic carbocycles. The molecule has 1 rings (SSSR count). The van der Waals surface area contributed by atoms with Gasteiger partial charge < -0.3 is 0 Å². The Kier molecular flexibility index (Phi) is 3.05. The molecule has 0 unspecified atom stereocenters. The topological polar surface area (TPSA) is 37.0 Å². The molecule has 12 heavy (non-hydrogen) atoms. The summed E-state index contributed by atoms with van der Waals surface area (Å²) in [5.74, 6) is -1.19. The van der Waals surface area contributed by atoms with Crippen molar-refractivity contribution in [2.45, 2.75) is 0 Å². The highest BCUT2D eigenvalue weighted by molar-refractivity contribution is 9.10. The second-order valence-electron chi connectivity index (χ2n) is 2.21. The van der Waals surface area contributed by atoms with E-state index in [9.17, 15) is 9.90 Å². The first-order valence-corrected chi connectivity index (χ1v) is 4.12. The summed E-state index contributed by atoms with van der Waals surface area (Å²) < 4.78 is 0.919. The Labute approximate surface area is 78.7 Å². The summed E-state index contributed by atoms with van der Waals surface area (Å²) in [4.78, 5) is 10.0. The second kappa shape index (κ2) is 4.07. The largest absolute Gasteiger partial charge is 0.379 e. The molecule has 0 bridgehead atoms. The van der Waals surface area contributed by atoms with Gasteiger partial charge in [0.25, 0.3) is 0 Å². The minimum Gasteiger partial charge on any atom is -0.242 e. The maximum absolute atomic E-state index is 10.0. The minimum atomic E-state index is -1.19. The summed E-state index contributed by atoms with van der Waals surface area (Å²) in [5, 5.41) is 10.0. The van der Waals surface area contributed by atoms with Crippen molar-refractivity contribution in [3.63, 3.8) is 0 Å². The van der Waals surface area contributed by atoms with Crippen LogP contribution in [0.4, 0.5) is 0 Å². The van der Waals surface area contributed by atoms with E-state index in [0.29, 0.717) is 0 Å². The summed E-state index contributed by atoms with van der Waals surface area (Å²) >= 11 is 3.27. The van der Waals surface area contributed by atoms with E-state index in [1.54, 1.807) is 0 Å². The number of benzene rings is 1. The lowest BCUT2D eigenvalue weighted by Gasteiger charge is -1.91. The number of hydrogen-bond donors (Lipinski definition) is 0. The highest BCUT2D eigenvalue weighted by atomic mass is 79.9. The molecule has 0 saturated heterocycles. The Morgan fingerprint density at radius 2 is 2.17 bits per heavy atom. The van der Waals surface area contributed by atoms with Gasteiger partial charge in [-0.3, -0.25) is 0 Å². The Hall–Kier alpha value is -1.09. The summed E-state index contributed by atoms with van der Waals surface area (Å²) in [5.41, 5.74) is 0.827. The minimum absolute atomic E-state index is 0.827. The summed E-state index contributed by atoms with van der Waals surface area (Å²) in [6.45, 7) is 0. The zero-order chi connectivity index (χ0) is 8.97. The summed E-state index contributed by atoms with van der Waals surface area (Å²) in [7, 11) is 0. The monoisotopic (exact) mass is 225 g/mol. The van der Waals surface area contributed by atoms with Gasteiger partial charge in [0.05, 0.1) is 0 Å². The zero-order valence-corrected chi connectivity index (χ0v) is 7.74. The van der Waals surface area contributed by atoms with Gasteiger partial charge in [-0.25, -0.2) is 9.90 Å². The van der Waals surface area contributed by atoms with Crippen LogP contribution in [-0.4, -0.2) is 5.97 Å². The van der Waals surface area contributed by atoms with Crippen LogP contribution >= 0.6 is 15.9 Å². The first-order valence-electron chi connectivity index (χ1n) is 3.33. The molecule has 0 aliphatic rings. The highest BCUT2D eigenvalue weighted by Crippen LogP contribution is 2.12. The van der Waals surface area contributed by atoms with Gasteiger partial charge in [-0.1, -0.05) is 28.1 Å². The fourth-order valence-electron chi connectivity index (χ4n) is 0.775. The third kappa shape index (κ3) is 2.88. The Morgan fingerprint density at radius 3 is 2.75 bits per heavy atom. The van der Waals surface area contributed by atoms with E-state index in [4.69, 9.17) is 0 Å². The van der Waals surface area contributed by atoms with Gasteiger partial charge in [-0.05, 0) is 23.8 Å². The third-order valence-electron chi connectivity index (χ3n) is 1.26. The van der Waals surface area contributed by atoms with E-state index in [1.165, 1.54) is 6.08 Å². The number of rotatable bonds is 2. The molecule has 1 radical (unpaired) electrons. The van der Waals surface area contributed by atoms with Gasteiger partial charge in [0.2, 0.25) is 0 Å². The second-order valence-corrected chi connectivity index (χ2v) is 3.12. The van der Waals surface area contributed by atoms with Gasteiger partial charge in [0.15, 0.2) is 0 Å². The molecule has 0 aliphatic heterocycles. The van der Waals surface area contributed by atoms with Crippen LogP contribution in [0.25, 0.3) is 6.08 Å². The van der Waals surface area contributed by atoms with Crippen molar-refractivity contribution in [2.24, 2.45) is 0 Å². The van der Waals surface area contributed by atoms with E-state index in [2.05, 4.69) is 15.9 Å². The molecule has 0 amide bonds. The summed E-state index contributed by atoms with van der Waals surface area (Å²) in [6, 6.07) is 7.33. The van der Waals surface area contributed by atoms with E-state index in [0.717, 1.165) is 16.1 Å². The van der Waals surface area contributed by atoms with Crippen molar-refractivity contribution in [3.05, 3.63) is 40.4 Å². The van der Waals surface area contributed by atoms with E-state index < -0.39 is 5.97 Å². The lowest BCUT2D eigenvalue weighted by molar-refractivity contribution is -0.137. The highest BCUT2D eigenvalue weighted by Gasteiger charge is 1.91. The van der Waals surface area contributed by atoms with Gasteiger partial charge in [-0.15, -0.1) is 0 Å². The van der Waals surface area contributed by atoms with E-state index >= 15 is 0 Å². The SMILES string of the molecule is [O]C(=O)C=Cc1cccc(Br)c1. The molecule has 0 N–H and O–H groups in total. The molecule has 61 valence electrons. The molecular weight excluding hydrogens is 220 g/mol. The van der Waals surface area contributed by atoms with Crippen LogP contribution in [0.3, 0.4) is 0 Å². The third-order valence-corrected chi connectivity index (χ3v) is 1.75. The first-order chi connectivity index (χ1) is 5.68. The molecule has 0 aromatic heterocycles. The normalized spacial score (nSPS) is 10.4. The number of halogens is 1. The molecule has 0 aliphatic carbocycles. The van der Waals surface area contributed by atoms with Gasteiger partial charge in [0.1, 0.15) is 0 Å². The van der Waals surface area contributed by atoms with Crippen LogP contribution in [0.2, 0.25) is 0 Å². The van der Waals surface area contributed by atoms with Crippen molar-refractivity contribution < 1.29 is 9.90 Å². The van der Waals surface area contributed by atoms with E-state index in [-0.39, 0.29) is 0 Å². The maximum atomic E-state index is 10.0. The molecule has 3 heteroatoms. The molecule has 0 atom stereocenters. The lowest BCUT2D eigenvalue weighted by Crippen LogP contribution is -1.82. The lowest BCUT2D eigenvalue weighted by atomic mass is 10.2. The van der Waals surface area contributed by atoms with Crippen LogP contribution in [-0.2, 0) is 9.90 Å². The predicted octanol–water partition coefficient (Wildman–Crippen LogP) is 2.42. The average molecular weight is 226 g/mol. The Balaban J connectivity index is 2.83. The smallest absolute Gasteiger partial charge is 0.242 e. The maximum Gasteiger partial charge on any atom is 0.379 e. The number of carbonyl (C=O) groups is 1. The summed E-state index contributed by atoms with van der Waals surface area (Å²) in [6.07, 6.45) is 2.49. The zero-order valence-electron chi connectivity index (χ0n) is 6.16. The molecule has 0 heterocycles. The quantitative estimate of drug-likeness (QED) is 0.713. The van der Waals surface area contributed by atoms with Crippen LogP contribution in [0.15, 0.2) is 34.8 Å². The molecular formula is C9H6BrO2. The molecule has 0 fully saturated rings. The van der Waals surface area contributed by atoms with Gasteiger partial charge in [-0.2, -0.15) is 0 Å². The molecule has 2 nitrogen and oxygen atoms in total. The number of carbonyl (C=O) groups excluding carboxylic acids is 1. The van der Waals surface area contributed by atoms with Crippen LogP contribution in [0.5, 0.6) is 0 Å². The molecule has 1 aromatic rings. The van der Waals surface area contributed by atoms with Crippen molar-refractivity contribution in [1.29, 1.82) is 0 Å². The predicted molar refractivity (Wildman–Crippen MR) is 48.9 cm³/mol. The standard InChI is InChI=1S/C9H6BrO2/c10-8-3-1-2-7(6-8)4-5-9(11)12/h1-6H. The van der Waals surface area contributed by atoms with Crippen LogP contribution in [0, 0.1) is 0 Å². The fraction of sp³-hybridized carbons (Fsp3) is 0.